The van der Waals surface area contributed by atoms with Gasteiger partial charge < -0.3 is 0 Å². The molecule has 2 amide bonds. The molecule has 0 N–H and O–H groups in total. The zero-order valence-corrected chi connectivity index (χ0v) is 12.5. The molecule has 4 rings (SSSR count). The molecule has 0 spiro atoms. The lowest BCUT2D eigenvalue weighted by Crippen LogP contribution is -2.32. The maximum atomic E-state index is 12.6. The maximum absolute atomic E-state index is 12.6. The van der Waals surface area contributed by atoms with Crippen molar-refractivity contribution in [3.05, 3.63) is 27.8 Å². The smallest absolute Gasteiger partial charge is 0.237 e. The highest BCUT2D eigenvalue weighted by Gasteiger charge is 2.61. The van der Waals surface area contributed by atoms with E-state index in [9.17, 15) is 9.59 Å². The molecule has 1 heterocycles. The minimum Gasteiger partial charge on any atom is -0.274 e. The Balaban J connectivity index is 1.73. The lowest BCUT2D eigenvalue weighted by molar-refractivity contribution is -0.123. The van der Waals surface area contributed by atoms with Gasteiger partial charge in [-0.05, 0) is 78.0 Å². The third-order valence-electron chi connectivity index (χ3n) is 5.01. The average molecular weight is 367 g/mol. The molecule has 19 heavy (non-hydrogen) atoms. The van der Waals surface area contributed by atoms with E-state index in [0.29, 0.717) is 11.8 Å². The number of nitrogens with zero attached hydrogens (tertiary/aromatic N) is 1. The summed E-state index contributed by atoms with van der Waals surface area (Å²) in [6.07, 6.45) is 3.35. The zero-order chi connectivity index (χ0) is 13.1. The molecule has 2 aliphatic carbocycles. The van der Waals surface area contributed by atoms with E-state index in [0.717, 1.165) is 28.5 Å². The molecule has 3 aliphatic rings. The molecular weight excluding hydrogens is 353 g/mol. The van der Waals surface area contributed by atoms with Crippen molar-refractivity contribution in [1.29, 1.82) is 0 Å². The molecule has 3 fully saturated rings. The minimum atomic E-state index is -0.0227. The Morgan fingerprint density at radius 3 is 2.00 bits per heavy atom. The molecule has 4 heteroatoms. The van der Waals surface area contributed by atoms with E-state index >= 15 is 0 Å². The molecule has 3 nitrogen and oxygen atoms in total. The highest BCUT2D eigenvalue weighted by Crippen LogP contribution is 2.56. The van der Waals surface area contributed by atoms with Crippen LogP contribution >= 0.6 is 22.6 Å². The van der Waals surface area contributed by atoms with Crippen molar-refractivity contribution in [1.82, 2.24) is 0 Å². The van der Waals surface area contributed by atoms with Gasteiger partial charge in [-0.15, -0.1) is 0 Å². The molecule has 1 aromatic rings. The van der Waals surface area contributed by atoms with E-state index < -0.39 is 0 Å². The van der Waals surface area contributed by atoms with Crippen LogP contribution < -0.4 is 4.90 Å². The van der Waals surface area contributed by atoms with E-state index in [-0.39, 0.29) is 23.7 Å². The van der Waals surface area contributed by atoms with Crippen molar-refractivity contribution in [2.75, 3.05) is 4.90 Å². The monoisotopic (exact) mass is 367 g/mol. The SMILES string of the molecule is O=C1[C@H]2[C@@H]3CC[C@H](C3)[C@@H]2C(=O)N1c1ccc(I)cc1. The predicted octanol–water partition coefficient (Wildman–Crippen LogP) is 2.83. The van der Waals surface area contributed by atoms with Crippen LogP contribution in [0.15, 0.2) is 24.3 Å². The van der Waals surface area contributed by atoms with Crippen LogP contribution in [-0.4, -0.2) is 11.8 Å². The van der Waals surface area contributed by atoms with E-state index in [1.807, 2.05) is 24.3 Å². The fourth-order valence-corrected chi connectivity index (χ4v) is 4.61. The van der Waals surface area contributed by atoms with Crippen LogP contribution in [0.1, 0.15) is 19.3 Å². The molecule has 0 aromatic heterocycles. The summed E-state index contributed by atoms with van der Waals surface area (Å²) in [5.41, 5.74) is 0.740. The van der Waals surface area contributed by atoms with Crippen LogP contribution in [0, 0.1) is 27.2 Å². The lowest BCUT2D eigenvalue weighted by atomic mass is 9.81. The molecule has 1 aliphatic heterocycles. The number of amides is 2. The van der Waals surface area contributed by atoms with Gasteiger partial charge in [0.25, 0.3) is 0 Å². The number of carbonyl (C=O) groups is 2. The highest BCUT2D eigenvalue weighted by atomic mass is 127. The van der Waals surface area contributed by atoms with Crippen LogP contribution in [0.25, 0.3) is 0 Å². The van der Waals surface area contributed by atoms with Gasteiger partial charge in [0.2, 0.25) is 11.8 Å². The molecule has 1 aromatic carbocycles. The number of anilines is 1. The van der Waals surface area contributed by atoms with E-state index in [4.69, 9.17) is 0 Å². The Kier molecular flexibility index (Phi) is 2.53. The van der Waals surface area contributed by atoms with E-state index in [2.05, 4.69) is 22.6 Å². The van der Waals surface area contributed by atoms with Crippen molar-refractivity contribution in [3.63, 3.8) is 0 Å². The van der Waals surface area contributed by atoms with Crippen LogP contribution in [0.5, 0.6) is 0 Å². The molecule has 0 unspecified atom stereocenters. The predicted molar refractivity (Wildman–Crippen MR) is 79.5 cm³/mol. The summed E-state index contributed by atoms with van der Waals surface area (Å²) in [7, 11) is 0. The summed E-state index contributed by atoms with van der Waals surface area (Å²) in [6, 6.07) is 7.64. The first-order valence-electron chi connectivity index (χ1n) is 6.80. The third kappa shape index (κ3) is 1.55. The minimum absolute atomic E-state index is 0.0227. The maximum Gasteiger partial charge on any atom is 0.237 e. The van der Waals surface area contributed by atoms with Gasteiger partial charge in [-0.1, -0.05) is 0 Å². The van der Waals surface area contributed by atoms with Crippen LogP contribution in [0.2, 0.25) is 0 Å². The number of hydrogen-bond acceptors (Lipinski definition) is 2. The summed E-state index contributed by atoms with van der Waals surface area (Å²) in [6.45, 7) is 0. The number of benzene rings is 1. The Labute approximate surface area is 125 Å². The Morgan fingerprint density at radius 2 is 1.47 bits per heavy atom. The number of fused-ring (bicyclic) bond motifs is 5. The van der Waals surface area contributed by atoms with Crippen molar-refractivity contribution < 1.29 is 9.59 Å². The van der Waals surface area contributed by atoms with Crippen molar-refractivity contribution in [2.24, 2.45) is 23.7 Å². The second-order valence-electron chi connectivity index (χ2n) is 5.87. The number of hydrogen-bond donors (Lipinski definition) is 0. The highest BCUT2D eigenvalue weighted by molar-refractivity contribution is 14.1. The van der Waals surface area contributed by atoms with Crippen molar-refractivity contribution in [3.8, 4) is 0 Å². The van der Waals surface area contributed by atoms with Crippen LogP contribution in [0.4, 0.5) is 5.69 Å². The summed E-state index contributed by atoms with van der Waals surface area (Å²) in [5.74, 6) is 0.962. The fourth-order valence-electron chi connectivity index (χ4n) is 4.25. The Morgan fingerprint density at radius 1 is 0.947 bits per heavy atom. The Hall–Kier alpha value is -0.910. The first-order chi connectivity index (χ1) is 9.16. The summed E-state index contributed by atoms with van der Waals surface area (Å²) < 4.78 is 1.11. The van der Waals surface area contributed by atoms with E-state index in [1.165, 1.54) is 4.90 Å². The second-order valence-corrected chi connectivity index (χ2v) is 7.12. The molecule has 98 valence electrons. The van der Waals surface area contributed by atoms with Gasteiger partial charge in [-0.2, -0.15) is 0 Å². The molecule has 1 saturated heterocycles. The zero-order valence-electron chi connectivity index (χ0n) is 10.4. The number of imide groups is 1. The normalized spacial score (nSPS) is 36.2. The number of carbonyl (C=O) groups excluding carboxylic acids is 2. The molecule has 2 bridgehead atoms. The van der Waals surface area contributed by atoms with Gasteiger partial charge >= 0.3 is 0 Å². The first-order valence-corrected chi connectivity index (χ1v) is 7.88. The number of halogens is 1. The Bertz CT molecular complexity index is 540. The summed E-state index contributed by atoms with van der Waals surface area (Å²) >= 11 is 2.23. The molecular formula is C15H14INO2. The van der Waals surface area contributed by atoms with Gasteiger partial charge in [0.1, 0.15) is 0 Å². The average Bonchev–Trinajstić information content (AvgIpc) is 3.06. The molecule has 0 radical (unpaired) electrons. The lowest BCUT2D eigenvalue weighted by Gasteiger charge is -2.19. The second kappa shape index (κ2) is 4.04. The summed E-state index contributed by atoms with van der Waals surface area (Å²) in [5, 5.41) is 0. The summed E-state index contributed by atoms with van der Waals surface area (Å²) in [4.78, 5) is 26.6. The van der Waals surface area contributed by atoms with E-state index in [1.54, 1.807) is 0 Å². The van der Waals surface area contributed by atoms with Gasteiger partial charge in [0, 0.05) is 3.57 Å². The quantitative estimate of drug-likeness (QED) is 0.566. The van der Waals surface area contributed by atoms with Crippen LogP contribution in [-0.2, 0) is 9.59 Å². The number of rotatable bonds is 1. The largest absolute Gasteiger partial charge is 0.274 e. The topological polar surface area (TPSA) is 37.4 Å². The first kappa shape index (κ1) is 11.9. The van der Waals surface area contributed by atoms with Gasteiger partial charge in [0.05, 0.1) is 17.5 Å². The van der Waals surface area contributed by atoms with Gasteiger partial charge in [-0.3, -0.25) is 14.5 Å². The van der Waals surface area contributed by atoms with Crippen molar-refractivity contribution in [2.45, 2.75) is 19.3 Å². The van der Waals surface area contributed by atoms with Crippen LogP contribution in [0.3, 0.4) is 0 Å². The molecule has 2 saturated carbocycles. The van der Waals surface area contributed by atoms with Crippen molar-refractivity contribution >= 4 is 40.1 Å². The fraction of sp³-hybridized carbons (Fsp3) is 0.467. The van der Waals surface area contributed by atoms with Gasteiger partial charge in [0.15, 0.2) is 0 Å². The third-order valence-corrected chi connectivity index (χ3v) is 5.73. The van der Waals surface area contributed by atoms with Gasteiger partial charge in [-0.25, -0.2) is 0 Å². The standard InChI is InChI=1S/C15H14INO2/c16-10-3-5-11(6-4-10)17-14(18)12-8-1-2-9(7-8)13(12)15(17)19/h3-6,8-9,12-13H,1-2,7H2/t8-,9-,12+,13+/m1/s1. The molecule has 4 atom stereocenters.